The lowest BCUT2D eigenvalue weighted by atomic mass is 10.3. The quantitative estimate of drug-likeness (QED) is 0.782. The van der Waals surface area contributed by atoms with E-state index < -0.39 is 12.0 Å². The monoisotopic (exact) mass is 272 g/mol. The molecule has 20 heavy (non-hydrogen) atoms. The van der Waals surface area contributed by atoms with Crippen LogP contribution < -0.4 is 10.6 Å². The fourth-order valence-corrected chi connectivity index (χ4v) is 1.45. The molecule has 7 nitrogen and oxygen atoms in total. The van der Waals surface area contributed by atoms with Crippen LogP contribution in [0.25, 0.3) is 0 Å². The van der Waals surface area contributed by atoms with Crippen molar-refractivity contribution in [2.24, 2.45) is 0 Å². The van der Waals surface area contributed by atoms with E-state index in [2.05, 4.69) is 20.6 Å². The maximum absolute atomic E-state index is 11.6. The van der Waals surface area contributed by atoms with Gasteiger partial charge in [0.1, 0.15) is 5.69 Å². The van der Waals surface area contributed by atoms with E-state index in [1.54, 1.807) is 24.5 Å². The van der Waals surface area contributed by atoms with Crippen LogP contribution >= 0.6 is 0 Å². The lowest BCUT2D eigenvalue weighted by Gasteiger charge is -2.07. The Hall–Kier alpha value is -2.96. The number of carboxylic acid groups (broad SMARTS) is 1. The molecule has 0 bridgehead atoms. The van der Waals surface area contributed by atoms with E-state index in [0.29, 0.717) is 12.2 Å². The lowest BCUT2D eigenvalue weighted by molar-refractivity contribution is 0.0690. The highest BCUT2D eigenvalue weighted by molar-refractivity contribution is 5.90. The molecule has 0 saturated heterocycles. The number of hydrogen-bond donors (Lipinski definition) is 3. The Kier molecular flexibility index (Phi) is 4.23. The van der Waals surface area contributed by atoms with Gasteiger partial charge in [0, 0.05) is 18.9 Å². The van der Waals surface area contributed by atoms with Crippen molar-refractivity contribution < 1.29 is 14.7 Å². The Morgan fingerprint density at radius 1 is 1.15 bits per heavy atom. The maximum Gasteiger partial charge on any atom is 0.354 e. The summed E-state index contributed by atoms with van der Waals surface area (Å²) in [6, 6.07) is 5.99. The van der Waals surface area contributed by atoms with E-state index in [1.165, 1.54) is 18.3 Å². The van der Waals surface area contributed by atoms with Gasteiger partial charge in [0.05, 0.1) is 11.9 Å². The van der Waals surface area contributed by atoms with Crippen molar-refractivity contribution in [1.29, 1.82) is 0 Å². The number of carboxylic acids is 1. The van der Waals surface area contributed by atoms with Crippen molar-refractivity contribution >= 4 is 17.7 Å². The second kappa shape index (κ2) is 6.28. The number of carbonyl (C=O) groups is 2. The van der Waals surface area contributed by atoms with Gasteiger partial charge in [-0.1, -0.05) is 0 Å². The van der Waals surface area contributed by atoms with Crippen LogP contribution in [0.4, 0.5) is 10.5 Å². The van der Waals surface area contributed by atoms with Gasteiger partial charge in [-0.25, -0.2) is 14.6 Å². The highest BCUT2D eigenvalue weighted by atomic mass is 16.4. The third kappa shape index (κ3) is 3.77. The van der Waals surface area contributed by atoms with E-state index >= 15 is 0 Å². The molecule has 2 rings (SSSR count). The molecule has 0 aromatic carbocycles. The number of aromatic carboxylic acids is 1. The molecule has 2 heterocycles. The molecule has 0 spiro atoms. The number of rotatable bonds is 4. The van der Waals surface area contributed by atoms with Crippen LogP contribution in [0.5, 0.6) is 0 Å². The summed E-state index contributed by atoms with van der Waals surface area (Å²) >= 11 is 0. The molecule has 0 unspecified atom stereocenters. The summed E-state index contributed by atoms with van der Waals surface area (Å²) in [5.74, 6) is -1.11. The number of carbonyl (C=O) groups excluding carboxylic acids is 1. The van der Waals surface area contributed by atoms with Crippen LogP contribution in [-0.4, -0.2) is 27.1 Å². The Bertz CT molecular complexity index is 599. The van der Waals surface area contributed by atoms with Crippen LogP contribution in [0.3, 0.4) is 0 Å². The van der Waals surface area contributed by atoms with E-state index in [0.717, 1.165) is 5.56 Å². The van der Waals surface area contributed by atoms with Crippen molar-refractivity contribution in [2.45, 2.75) is 6.54 Å². The van der Waals surface area contributed by atoms with E-state index in [-0.39, 0.29) is 5.69 Å². The number of pyridine rings is 2. The molecule has 2 aromatic rings. The highest BCUT2D eigenvalue weighted by Crippen LogP contribution is 2.06. The molecule has 7 heteroatoms. The zero-order valence-corrected chi connectivity index (χ0v) is 10.4. The van der Waals surface area contributed by atoms with Crippen LogP contribution in [0, 0.1) is 0 Å². The highest BCUT2D eigenvalue weighted by Gasteiger charge is 2.05. The lowest BCUT2D eigenvalue weighted by Crippen LogP contribution is -2.28. The van der Waals surface area contributed by atoms with Gasteiger partial charge in [-0.3, -0.25) is 4.98 Å². The number of nitrogens with zero attached hydrogens (tertiary/aromatic N) is 2. The first-order valence-electron chi connectivity index (χ1n) is 5.78. The zero-order valence-electron chi connectivity index (χ0n) is 10.4. The molecule has 0 radical (unpaired) electrons. The average molecular weight is 272 g/mol. The van der Waals surface area contributed by atoms with Gasteiger partial charge in [0.25, 0.3) is 0 Å². The maximum atomic E-state index is 11.6. The summed E-state index contributed by atoms with van der Waals surface area (Å²) in [6.45, 7) is 0.370. The van der Waals surface area contributed by atoms with Crippen LogP contribution in [-0.2, 0) is 6.54 Å². The molecule has 2 amide bonds. The predicted molar refractivity (Wildman–Crippen MR) is 71.3 cm³/mol. The van der Waals surface area contributed by atoms with E-state index in [4.69, 9.17) is 5.11 Å². The summed E-state index contributed by atoms with van der Waals surface area (Å²) in [5, 5.41) is 13.9. The second-order valence-corrected chi connectivity index (χ2v) is 3.90. The van der Waals surface area contributed by atoms with Gasteiger partial charge in [0.2, 0.25) is 0 Å². The summed E-state index contributed by atoms with van der Waals surface area (Å²) in [5.41, 5.74) is 1.27. The minimum atomic E-state index is -1.11. The first kappa shape index (κ1) is 13.5. The van der Waals surface area contributed by atoms with Gasteiger partial charge in [0.15, 0.2) is 0 Å². The Morgan fingerprint density at radius 2 is 1.90 bits per heavy atom. The molecule has 3 N–H and O–H groups in total. The molecule has 0 aliphatic rings. The van der Waals surface area contributed by atoms with Crippen LogP contribution in [0.15, 0.2) is 42.9 Å². The summed E-state index contributed by atoms with van der Waals surface area (Å²) in [4.78, 5) is 29.8. The fraction of sp³-hybridized carbons (Fsp3) is 0.0769. The fourth-order valence-electron chi connectivity index (χ4n) is 1.45. The van der Waals surface area contributed by atoms with Gasteiger partial charge in [-0.15, -0.1) is 0 Å². The van der Waals surface area contributed by atoms with Gasteiger partial charge in [-0.05, 0) is 29.8 Å². The van der Waals surface area contributed by atoms with Crippen molar-refractivity contribution in [2.75, 3.05) is 5.32 Å². The first-order chi connectivity index (χ1) is 9.65. The number of urea groups is 1. The van der Waals surface area contributed by atoms with Gasteiger partial charge >= 0.3 is 12.0 Å². The second-order valence-electron chi connectivity index (χ2n) is 3.90. The van der Waals surface area contributed by atoms with Crippen LogP contribution in [0.2, 0.25) is 0 Å². The van der Waals surface area contributed by atoms with Crippen molar-refractivity contribution in [3.63, 3.8) is 0 Å². The molecule has 0 atom stereocenters. The first-order valence-corrected chi connectivity index (χ1v) is 5.78. The number of aromatic nitrogens is 2. The third-order valence-electron chi connectivity index (χ3n) is 2.44. The minimum absolute atomic E-state index is 0.0762. The number of nitrogens with one attached hydrogen (secondary N) is 2. The van der Waals surface area contributed by atoms with Gasteiger partial charge < -0.3 is 15.7 Å². The number of amides is 2. The molecule has 0 saturated carbocycles. The normalized spacial score (nSPS) is 9.80. The molecule has 102 valence electrons. The SMILES string of the molecule is O=C(NCc1ccncc1)Nc1ccc(C(=O)O)nc1. The number of anilines is 1. The minimum Gasteiger partial charge on any atom is -0.477 e. The van der Waals surface area contributed by atoms with Crippen LogP contribution in [0.1, 0.15) is 16.1 Å². The topological polar surface area (TPSA) is 104 Å². The van der Waals surface area contributed by atoms with E-state index in [9.17, 15) is 9.59 Å². The van der Waals surface area contributed by atoms with Gasteiger partial charge in [-0.2, -0.15) is 0 Å². The molecular formula is C13H12N4O3. The summed E-state index contributed by atoms with van der Waals surface area (Å²) < 4.78 is 0. The van der Waals surface area contributed by atoms with Crippen molar-refractivity contribution in [3.05, 3.63) is 54.1 Å². The average Bonchev–Trinajstić information content (AvgIpc) is 2.47. The number of hydrogen-bond acceptors (Lipinski definition) is 4. The van der Waals surface area contributed by atoms with Crippen molar-refractivity contribution in [3.8, 4) is 0 Å². The zero-order chi connectivity index (χ0) is 14.4. The van der Waals surface area contributed by atoms with E-state index in [1.807, 2.05) is 0 Å². The summed E-state index contributed by atoms with van der Waals surface area (Å²) in [7, 11) is 0. The third-order valence-corrected chi connectivity index (χ3v) is 2.44. The predicted octanol–water partition coefficient (Wildman–Crippen LogP) is 1.50. The molecule has 0 aliphatic heterocycles. The Labute approximate surface area is 114 Å². The van der Waals surface area contributed by atoms with Crippen molar-refractivity contribution in [1.82, 2.24) is 15.3 Å². The largest absolute Gasteiger partial charge is 0.477 e. The smallest absolute Gasteiger partial charge is 0.354 e. The molecule has 2 aromatic heterocycles. The Morgan fingerprint density at radius 3 is 2.50 bits per heavy atom. The Balaban J connectivity index is 1.86. The molecule has 0 aliphatic carbocycles. The molecule has 0 fully saturated rings. The summed E-state index contributed by atoms with van der Waals surface area (Å²) in [6.07, 6.45) is 4.57. The standard InChI is InChI=1S/C13H12N4O3/c18-12(19)11-2-1-10(8-15-11)17-13(20)16-7-9-3-5-14-6-4-9/h1-6,8H,7H2,(H,18,19)(H2,16,17,20). The molecular weight excluding hydrogens is 260 g/mol.